The highest BCUT2D eigenvalue weighted by Crippen LogP contribution is 2.38. The predicted octanol–water partition coefficient (Wildman–Crippen LogP) is 5.28. The zero-order chi connectivity index (χ0) is 24.2. The molecule has 0 saturated carbocycles. The fraction of sp³-hybridized carbons (Fsp3) is 0.120. The van der Waals surface area contributed by atoms with Crippen molar-refractivity contribution in [1.29, 1.82) is 0 Å². The molecule has 2 heterocycles. The highest BCUT2D eigenvalue weighted by atomic mass is 35.5. The lowest BCUT2D eigenvalue weighted by atomic mass is 10.0. The number of ketones is 1. The van der Waals surface area contributed by atoms with Gasteiger partial charge in [-0.1, -0.05) is 41.4 Å². The number of pyridine rings is 1. The molecule has 0 aliphatic carbocycles. The molecule has 34 heavy (non-hydrogen) atoms. The van der Waals surface area contributed by atoms with Gasteiger partial charge in [0.25, 0.3) is 5.56 Å². The Morgan fingerprint density at radius 2 is 1.65 bits per heavy atom. The van der Waals surface area contributed by atoms with Crippen molar-refractivity contribution in [2.75, 3.05) is 11.5 Å². The Kier molecular flexibility index (Phi) is 7.07. The van der Waals surface area contributed by atoms with Crippen molar-refractivity contribution < 1.29 is 9.90 Å². The molecule has 2 aromatic heterocycles. The Bertz CT molecular complexity index is 1360. The lowest BCUT2D eigenvalue weighted by molar-refractivity contribution is 0.101. The van der Waals surface area contributed by atoms with Crippen LogP contribution in [0.5, 0.6) is 0 Å². The number of aromatic nitrogens is 3. The maximum atomic E-state index is 13.7. The minimum absolute atomic E-state index is 0.0566. The van der Waals surface area contributed by atoms with Gasteiger partial charge < -0.3 is 10.0 Å². The third kappa shape index (κ3) is 4.72. The van der Waals surface area contributed by atoms with E-state index in [9.17, 15) is 14.7 Å². The molecule has 0 radical (unpaired) electrons. The smallest absolute Gasteiger partial charge is 0.291 e. The van der Waals surface area contributed by atoms with Crippen molar-refractivity contribution in [3.63, 3.8) is 0 Å². The number of Topliss-reactive ketones (excluding diaryl/α,β-unsaturated/α-hetero) is 1. The van der Waals surface area contributed by atoms with E-state index in [4.69, 9.17) is 23.2 Å². The third-order valence-corrected chi connectivity index (χ3v) is 5.53. The van der Waals surface area contributed by atoms with Crippen molar-refractivity contribution in [2.24, 2.45) is 0 Å². The highest BCUT2D eigenvalue weighted by molar-refractivity contribution is 6.31. The molecule has 0 bridgehead atoms. The molecule has 2 aromatic carbocycles. The van der Waals surface area contributed by atoms with Crippen LogP contribution in [0.2, 0.25) is 10.0 Å². The van der Waals surface area contributed by atoms with Crippen LogP contribution in [0.3, 0.4) is 0 Å². The zero-order valence-electron chi connectivity index (χ0n) is 18.2. The van der Waals surface area contributed by atoms with E-state index in [1.165, 1.54) is 6.92 Å². The van der Waals surface area contributed by atoms with E-state index in [2.05, 4.69) is 10.1 Å². The first-order valence-corrected chi connectivity index (χ1v) is 11.2. The number of rotatable bonds is 7. The Hall–Kier alpha value is -3.52. The van der Waals surface area contributed by atoms with Gasteiger partial charge in [0.05, 0.1) is 24.4 Å². The van der Waals surface area contributed by atoms with Crippen LogP contribution in [-0.2, 0) is 6.54 Å². The number of nitrogens with zero attached hydrogens (tertiary/aromatic N) is 4. The molecule has 0 aliphatic heterocycles. The number of benzene rings is 2. The molecule has 4 aromatic rings. The number of hydrogen-bond donors (Lipinski definition) is 1. The molecule has 0 saturated heterocycles. The van der Waals surface area contributed by atoms with E-state index in [0.717, 1.165) is 4.68 Å². The second-order valence-electron chi connectivity index (χ2n) is 7.39. The van der Waals surface area contributed by atoms with E-state index in [1.54, 1.807) is 77.8 Å². The summed E-state index contributed by atoms with van der Waals surface area (Å²) in [5.41, 5.74) is 1.33. The van der Waals surface area contributed by atoms with Crippen LogP contribution in [0.25, 0.3) is 11.4 Å². The second kappa shape index (κ2) is 10.2. The lowest BCUT2D eigenvalue weighted by Gasteiger charge is -2.28. The topological polar surface area (TPSA) is 88.3 Å². The molecule has 0 fully saturated rings. The van der Waals surface area contributed by atoms with Gasteiger partial charge in [-0.15, -0.1) is 0 Å². The van der Waals surface area contributed by atoms with Crippen LogP contribution in [-0.4, -0.2) is 32.3 Å². The van der Waals surface area contributed by atoms with Crippen molar-refractivity contribution in [3.8, 4) is 11.4 Å². The molecule has 0 atom stereocenters. The highest BCUT2D eigenvalue weighted by Gasteiger charge is 2.28. The van der Waals surface area contributed by atoms with E-state index >= 15 is 0 Å². The van der Waals surface area contributed by atoms with Crippen molar-refractivity contribution in [1.82, 2.24) is 14.8 Å². The predicted molar refractivity (Wildman–Crippen MR) is 134 cm³/mol. The average molecular weight is 495 g/mol. The van der Waals surface area contributed by atoms with Gasteiger partial charge in [0.1, 0.15) is 11.4 Å². The third-order valence-electron chi connectivity index (χ3n) is 5.06. The quantitative estimate of drug-likeness (QED) is 0.351. The molecule has 0 amide bonds. The molecule has 1 N–H and O–H groups in total. The summed E-state index contributed by atoms with van der Waals surface area (Å²) in [5, 5.41) is 14.9. The van der Waals surface area contributed by atoms with Gasteiger partial charge in [-0.3, -0.25) is 14.6 Å². The molecular formula is C25H20Cl2N4O3. The van der Waals surface area contributed by atoms with Crippen molar-refractivity contribution in [2.45, 2.75) is 13.5 Å². The molecule has 172 valence electrons. The summed E-state index contributed by atoms with van der Waals surface area (Å²) >= 11 is 12.6. The fourth-order valence-electron chi connectivity index (χ4n) is 3.66. The summed E-state index contributed by atoms with van der Waals surface area (Å²) in [7, 11) is 0. The maximum absolute atomic E-state index is 13.7. The van der Waals surface area contributed by atoms with E-state index in [-0.39, 0.29) is 35.9 Å². The summed E-state index contributed by atoms with van der Waals surface area (Å²) < 4.78 is 1.13. The molecule has 0 unspecified atom stereocenters. The first-order valence-electron chi connectivity index (χ1n) is 10.4. The van der Waals surface area contributed by atoms with E-state index in [1.807, 2.05) is 0 Å². The van der Waals surface area contributed by atoms with Crippen LogP contribution < -0.4 is 10.5 Å². The first kappa shape index (κ1) is 23.6. The number of anilines is 3. The van der Waals surface area contributed by atoms with Crippen LogP contribution >= 0.6 is 23.2 Å². The van der Waals surface area contributed by atoms with Gasteiger partial charge >= 0.3 is 0 Å². The van der Waals surface area contributed by atoms with Gasteiger partial charge in [-0.2, -0.15) is 5.10 Å². The Balaban J connectivity index is 2.15. The monoisotopic (exact) mass is 494 g/mol. The second-order valence-corrected chi connectivity index (χ2v) is 8.26. The van der Waals surface area contributed by atoms with Crippen LogP contribution in [0, 0.1) is 0 Å². The van der Waals surface area contributed by atoms with Crippen molar-refractivity contribution in [3.05, 3.63) is 98.9 Å². The van der Waals surface area contributed by atoms with Gasteiger partial charge in [0, 0.05) is 27.6 Å². The van der Waals surface area contributed by atoms with E-state index < -0.39 is 5.56 Å². The number of aliphatic hydroxyl groups is 1. The lowest BCUT2D eigenvalue weighted by Crippen LogP contribution is -2.33. The number of hydrogen-bond acceptors (Lipinski definition) is 6. The number of carbonyl (C=O) groups excluding carboxylic acids is 1. The molecule has 0 spiro atoms. The standard InChI is InChI=1S/C25H20Cl2N4O3/c1-16(33)22-23(21-10-2-3-11-28-21)29-30(12-13-32)25(34)24(22)31(19-8-4-6-17(26)14-19)20-9-5-7-18(27)15-20/h2-11,14-15,32H,12-13H2,1H3. The Labute approximate surface area is 205 Å². The van der Waals surface area contributed by atoms with Crippen LogP contribution in [0.15, 0.2) is 77.7 Å². The molecule has 7 nitrogen and oxygen atoms in total. The van der Waals surface area contributed by atoms with Gasteiger partial charge in [-0.25, -0.2) is 4.68 Å². The average Bonchev–Trinajstić information content (AvgIpc) is 2.82. The molecule has 0 aliphatic rings. The molecule has 9 heteroatoms. The SMILES string of the molecule is CC(=O)c1c(-c2ccccn2)nn(CCO)c(=O)c1N(c1cccc(Cl)c1)c1cccc(Cl)c1. The summed E-state index contributed by atoms with van der Waals surface area (Å²) in [6.45, 7) is 0.988. The summed E-state index contributed by atoms with van der Waals surface area (Å²) in [6, 6.07) is 19.0. The largest absolute Gasteiger partial charge is 0.394 e. The summed E-state index contributed by atoms with van der Waals surface area (Å²) in [6.07, 6.45) is 1.58. The van der Waals surface area contributed by atoms with E-state index in [0.29, 0.717) is 27.1 Å². The van der Waals surface area contributed by atoms with Crippen LogP contribution in [0.4, 0.5) is 17.1 Å². The zero-order valence-corrected chi connectivity index (χ0v) is 19.7. The molecular weight excluding hydrogens is 475 g/mol. The molecule has 4 rings (SSSR count). The normalized spacial score (nSPS) is 10.8. The minimum atomic E-state index is -0.557. The Morgan fingerprint density at radius 1 is 1.00 bits per heavy atom. The van der Waals surface area contributed by atoms with Gasteiger partial charge in [0.15, 0.2) is 5.78 Å². The summed E-state index contributed by atoms with van der Waals surface area (Å²) in [5.74, 6) is -0.370. The fourth-order valence-corrected chi connectivity index (χ4v) is 4.03. The van der Waals surface area contributed by atoms with Crippen LogP contribution in [0.1, 0.15) is 17.3 Å². The Morgan fingerprint density at radius 3 is 2.15 bits per heavy atom. The maximum Gasteiger partial charge on any atom is 0.291 e. The minimum Gasteiger partial charge on any atom is -0.394 e. The number of halogens is 2. The van der Waals surface area contributed by atoms with Crippen molar-refractivity contribution >= 4 is 46.0 Å². The van der Waals surface area contributed by atoms with Gasteiger partial charge in [-0.05, 0) is 55.5 Å². The first-order chi connectivity index (χ1) is 16.4. The van der Waals surface area contributed by atoms with Gasteiger partial charge in [0.2, 0.25) is 0 Å². The number of carbonyl (C=O) groups is 1. The summed E-state index contributed by atoms with van der Waals surface area (Å²) in [4.78, 5) is 32.7. The number of aliphatic hydroxyl groups excluding tert-OH is 1.